The third-order valence-corrected chi connectivity index (χ3v) is 5.77. The summed E-state index contributed by atoms with van der Waals surface area (Å²) < 4.78 is 6.93. The lowest BCUT2D eigenvalue weighted by molar-refractivity contribution is 0.244. The van der Waals surface area contributed by atoms with Crippen LogP contribution in [0, 0.1) is 6.92 Å². The molecule has 0 saturated carbocycles. The summed E-state index contributed by atoms with van der Waals surface area (Å²) >= 11 is 1.50. The topological polar surface area (TPSA) is 46.8 Å². The van der Waals surface area contributed by atoms with Gasteiger partial charge in [-0.3, -0.25) is 14.1 Å². The molecule has 0 radical (unpaired) electrons. The lowest BCUT2D eigenvalue weighted by Gasteiger charge is -2.22. The molecule has 4 aromatic rings. The van der Waals surface area contributed by atoms with Crippen LogP contribution < -0.4 is 10.3 Å². The van der Waals surface area contributed by atoms with Crippen molar-refractivity contribution in [3.63, 3.8) is 0 Å². The van der Waals surface area contributed by atoms with Crippen molar-refractivity contribution in [2.75, 3.05) is 7.11 Å². The maximum atomic E-state index is 12.5. The molecule has 0 amide bonds. The van der Waals surface area contributed by atoms with Gasteiger partial charge in [0.25, 0.3) is 5.56 Å². The van der Waals surface area contributed by atoms with E-state index in [0.29, 0.717) is 6.54 Å². The number of thiazole rings is 1. The number of aromatic nitrogens is 2. The Balaban J connectivity index is 1.61. The zero-order valence-electron chi connectivity index (χ0n) is 16.5. The Kier molecular flexibility index (Phi) is 5.74. The second-order valence-electron chi connectivity index (χ2n) is 7.06. The highest BCUT2D eigenvalue weighted by molar-refractivity contribution is 7.15. The van der Waals surface area contributed by atoms with Gasteiger partial charge in [0.05, 0.1) is 12.8 Å². The number of hydrogen-bond acceptors (Lipinski definition) is 5. The Hall–Kier alpha value is -2.96. The van der Waals surface area contributed by atoms with Crippen molar-refractivity contribution in [3.8, 4) is 5.75 Å². The molecule has 29 heavy (non-hydrogen) atoms. The Bertz CT molecular complexity index is 1150. The van der Waals surface area contributed by atoms with E-state index in [1.165, 1.54) is 22.5 Å². The van der Waals surface area contributed by atoms with Crippen molar-refractivity contribution in [3.05, 3.63) is 98.9 Å². The Morgan fingerprint density at radius 3 is 2.38 bits per heavy atom. The first kappa shape index (κ1) is 19.4. The molecule has 4 rings (SSSR count). The first-order valence-electron chi connectivity index (χ1n) is 9.48. The molecule has 0 aliphatic rings. The van der Waals surface area contributed by atoms with Crippen molar-refractivity contribution >= 4 is 16.3 Å². The van der Waals surface area contributed by atoms with E-state index in [-0.39, 0.29) is 5.56 Å². The highest BCUT2D eigenvalue weighted by Crippen LogP contribution is 2.17. The van der Waals surface area contributed by atoms with Crippen LogP contribution in [0.2, 0.25) is 0 Å². The summed E-state index contributed by atoms with van der Waals surface area (Å²) in [6.07, 6.45) is 0. The fourth-order valence-corrected chi connectivity index (χ4v) is 4.30. The normalized spacial score (nSPS) is 11.3. The van der Waals surface area contributed by atoms with Crippen molar-refractivity contribution in [1.82, 2.24) is 14.3 Å². The van der Waals surface area contributed by atoms with Gasteiger partial charge in [0.15, 0.2) is 4.96 Å². The second kappa shape index (κ2) is 8.59. The smallest absolute Gasteiger partial charge is 0.259 e. The van der Waals surface area contributed by atoms with Gasteiger partial charge in [-0.1, -0.05) is 42.5 Å². The molecule has 0 bridgehead atoms. The maximum absolute atomic E-state index is 12.5. The summed E-state index contributed by atoms with van der Waals surface area (Å²) in [7, 11) is 1.67. The van der Waals surface area contributed by atoms with Crippen molar-refractivity contribution in [1.29, 1.82) is 0 Å². The van der Waals surface area contributed by atoms with E-state index in [2.05, 4.69) is 29.2 Å². The Morgan fingerprint density at radius 2 is 1.69 bits per heavy atom. The van der Waals surface area contributed by atoms with Crippen molar-refractivity contribution < 1.29 is 4.74 Å². The van der Waals surface area contributed by atoms with Gasteiger partial charge in [0.2, 0.25) is 0 Å². The minimum absolute atomic E-state index is 0.0205. The standard InChI is InChI=1S/C23H23N3O2S/c1-17-16-29-23-24-20(12-22(27)26(17)23)15-25(13-18-6-4-3-5-7-18)14-19-8-10-21(28-2)11-9-19/h3-12,16H,13-15H2,1-2H3. The number of ether oxygens (including phenoxy) is 1. The van der Waals surface area contributed by atoms with E-state index >= 15 is 0 Å². The largest absolute Gasteiger partial charge is 0.497 e. The van der Waals surface area contributed by atoms with Crippen LogP contribution in [0.15, 0.2) is 70.8 Å². The van der Waals surface area contributed by atoms with Crippen LogP contribution in [0.4, 0.5) is 0 Å². The predicted molar refractivity (Wildman–Crippen MR) is 116 cm³/mol. The molecule has 0 aliphatic heterocycles. The first-order valence-corrected chi connectivity index (χ1v) is 10.4. The van der Waals surface area contributed by atoms with Gasteiger partial charge >= 0.3 is 0 Å². The molecule has 148 valence electrons. The van der Waals surface area contributed by atoms with E-state index in [0.717, 1.165) is 35.2 Å². The molecule has 2 heterocycles. The molecule has 0 N–H and O–H groups in total. The van der Waals surface area contributed by atoms with Crippen molar-refractivity contribution in [2.24, 2.45) is 0 Å². The summed E-state index contributed by atoms with van der Waals surface area (Å²) in [4.78, 5) is 20.3. The lowest BCUT2D eigenvalue weighted by Crippen LogP contribution is -2.25. The highest BCUT2D eigenvalue weighted by Gasteiger charge is 2.12. The highest BCUT2D eigenvalue weighted by atomic mass is 32.1. The molecule has 2 aromatic carbocycles. The fourth-order valence-electron chi connectivity index (χ4n) is 3.41. The van der Waals surface area contributed by atoms with Gasteiger partial charge in [-0.25, -0.2) is 4.98 Å². The molecule has 0 spiro atoms. The average molecular weight is 406 g/mol. The second-order valence-corrected chi connectivity index (χ2v) is 7.90. The number of benzene rings is 2. The maximum Gasteiger partial charge on any atom is 0.259 e. The van der Waals surface area contributed by atoms with Crippen LogP contribution in [0.3, 0.4) is 0 Å². The van der Waals surface area contributed by atoms with Crippen LogP contribution in [0.1, 0.15) is 22.5 Å². The summed E-state index contributed by atoms with van der Waals surface area (Å²) in [5, 5.41) is 1.96. The van der Waals surface area contributed by atoms with Gasteiger partial charge < -0.3 is 4.74 Å². The number of methoxy groups -OCH3 is 1. The molecule has 0 aliphatic carbocycles. The van der Waals surface area contributed by atoms with Crippen LogP contribution in [-0.2, 0) is 19.6 Å². The fraction of sp³-hybridized carbons (Fsp3) is 0.217. The van der Waals surface area contributed by atoms with Gasteiger partial charge in [-0.2, -0.15) is 0 Å². The first-order chi connectivity index (χ1) is 14.1. The molecular weight excluding hydrogens is 382 g/mol. The minimum Gasteiger partial charge on any atom is -0.497 e. The lowest BCUT2D eigenvalue weighted by atomic mass is 10.1. The van der Waals surface area contributed by atoms with Gasteiger partial charge in [-0.05, 0) is 30.2 Å². The number of nitrogens with zero attached hydrogens (tertiary/aromatic N) is 3. The quantitative estimate of drug-likeness (QED) is 0.461. The zero-order chi connectivity index (χ0) is 20.2. The van der Waals surface area contributed by atoms with Gasteiger partial charge in [-0.15, -0.1) is 11.3 Å². The number of fused-ring (bicyclic) bond motifs is 1. The van der Waals surface area contributed by atoms with E-state index in [1.54, 1.807) is 17.6 Å². The third-order valence-electron chi connectivity index (χ3n) is 4.83. The monoisotopic (exact) mass is 405 g/mol. The van der Waals surface area contributed by atoms with E-state index in [1.807, 2.05) is 42.6 Å². The molecule has 2 aromatic heterocycles. The van der Waals surface area contributed by atoms with Crippen LogP contribution in [0.25, 0.3) is 4.96 Å². The molecule has 6 heteroatoms. The molecule has 5 nitrogen and oxygen atoms in total. The molecule has 0 unspecified atom stereocenters. The van der Waals surface area contributed by atoms with Gasteiger partial charge in [0.1, 0.15) is 5.75 Å². The summed E-state index contributed by atoms with van der Waals surface area (Å²) in [5.74, 6) is 0.844. The zero-order valence-corrected chi connectivity index (χ0v) is 17.4. The van der Waals surface area contributed by atoms with Gasteiger partial charge in [0, 0.05) is 36.8 Å². The van der Waals surface area contributed by atoms with Crippen LogP contribution >= 0.6 is 11.3 Å². The Labute approximate surface area is 173 Å². The van der Waals surface area contributed by atoms with E-state index < -0.39 is 0 Å². The van der Waals surface area contributed by atoms with E-state index in [9.17, 15) is 4.79 Å². The van der Waals surface area contributed by atoms with Crippen LogP contribution in [-0.4, -0.2) is 21.4 Å². The van der Waals surface area contributed by atoms with Crippen molar-refractivity contribution in [2.45, 2.75) is 26.6 Å². The molecule has 0 fully saturated rings. The molecule has 0 saturated heterocycles. The summed E-state index contributed by atoms with van der Waals surface area (Å²) in [6.45, 7) is 4.06. The predicted octanol–water partition coefficient (Wildman–Crippen LogP) is 4.28. The summed E-state index contributed by atoms with van der Waals surface area (Å²) in [5.41, 5.74) is 4.11. The minimum atomic E-state index is -0.0205. The Morgan fingerprint density at radius 1 is 1.00 bits per heavy atom. The number of rotatable bonds is 7. The molecule has 0 atom stereocenters. The number of hydrogen-bond donors (Lipinski definition) is 0. The van der Waals surface area contributed by atoms with E-state index in [4.69, 9.17) is 9.72 Å². The molecular formula is C23H23N3O2S. The third kappa shape index (κ3) is 4.55. The SMILES string of the molecule is COc1ccc(CN(Cc2ccccc2)Cc2cc(=O)n3c(C)csc3n2)cc1. The summed E-state index contributed by atoms with van der Waals surface area (Å²) in [6, 6.07) is 20.1. The van der Waals surface area contributed by atoms with Crippen LogP contribution in [0.5, 0.6) is 5.75 Å². The average Bonchev–Trinajstić information content (AvgIpc) is 3.10. The number of aryl methyl sites for hydroxylation is 1.